The molecule has 2 rings (SSSR count). The second-order valence-corrected chi connectivity index (χ2v) is 4.22. The Morgan fingerprint density at radius 1 is 1.47 bits per heavy atom. The SMILES string of the molecule is CCc1nc(COc2cc(F)ccc2[C@H](C)N)no1. The van der Waals surface area contributed by atoms with Gasteiger partial charge in [0.1, 0.15) is 11.6 Å². The van der Waals surface area contributed by atoms with Crippen molar-refractivity contribution in [3.63, 3.8) is 0 Å². The van der Waals surface area contributed by atoms with Crippen molar-refractivity contribution >= 4 is 0 Å². The van der Waals surface area contributed by atoms with Crippen molar-refractivity contribution in [3.8, 4) is 5.75 Å². The van der Waals surface area contributed by atoms with Gasteiger partial charge in [0, 0.05) is 24.1 Å². The molecule has 19 heavy (non-hydrogen) atoms. The lowest BCUT2D eigenvalue weighted by atomic mass is 10.1. The second kappa shape index (κ2) is 5.79. The molecule has 0 aliphatic rings. The third-order valence-corrected chi connectivity index (χ3v) is 2.64. The van der Waals surface area contributed by atoms with E-state index in [-0.39, 0.29) is 18.5 Å². The van der Waals surface area contributed by atoms with Gasteiger partial charge in [-0.05, 0) is 13.0 Å². The molecule has 0 amide bonds. The van der Waals surface area contributed by atoms with Crippen molar-refractivity contribution in [3.05, 3.63) is 41.3 Å². The van der Waals surface area contributed by atoms with E-state index >= 15 is 0 Å². The first-order valence-electron chi connectivity index (χ1n) is 6.09. The minimum absolute atomic E-state index is 0.118. The van der Waals surface area contributed by atoms with Crippen molar-refractivity contribution in [1.82, 2.24) is 10.1 Å². The van der Waals surface area contributed by atoms with Crippen LogP contribution in [0.5, 0.6) is 5.75 Å². The highest BCUT2D eigenvalue weighted by Gasteiger charge is 2.11. The van der Waals surface area contributed by atoms with Crippen LogP contribution < -0.4 is 10.5 Å². The molecule has 0 saturated carbocycles. The molecule has 2 aromatic rings. The molecule has 0 spiro atoms. The highest BCUT2D eigenvalue weighted by atomic mass is 19.1. The van der Waals surface area contributed by atoms with Crippen LogP contribution in [0.2, 0.25) is 0 Å². The van der Waals surface area contributed by atoms with Crippen LogP contribution in [0.3, 0.4) is 0 Å². The number of rotatable bonds is 5. The van der Waals surface area contributed by atoms with Crippen molar-refractivity contribution < 1.29 is 13.7 Å². The van der Waals surface area contributed by atoms with Crippen LogP contribution in [0.25, 0.3) is 0 Å². The lowest BCUT2D eigenvalue weighted by molar-refractivity contribution is 0.280. The van der Waals surface area contributed by atoms with Crippen molar-refractivity contribution in [2.75, 3.05) is 0 Å². The van der Waals surface area contributed by atoms with E-state index in [4.69, 9.17) is 15.0 Å². The Morgan fingerprint density at radius 2 is 2.26 bits per heavy atom. The van der Waals surface area contributed by atoms with E-state index in [1.807, 2.05) is 13.8 Å². The quantitative estimate of drug-likeness (QED) is 0.898. The minimum atomic E-state index is -0.373. The van der Waals surface area contributed by atoms with Gasteiger partial charge in [-0.2, -0.15) is 4.98 Å². The standard InChI is InChI=1S/C13H16FN3O2/c1-3-13-16-12(17-19-13)7-18-11-6-9(14)4-5-10(11)8(2)15/h4-6,8H,3,7,15H2,1-2H3/t8-/m0/s1. The monoisotopic (exact) mass is 265 g/mol. The van der Waals surface area contributed by atoms with Gasteiger partial charge < -0.3 is 15.0 Å². The first-order valence-corrected chi connectivity index (χ1v) is 6.09. The number of benzene rings is 1. The average molecular weight is 265 g/mol. The molecule has 1 aromatic carbocycles. The van der Waals surface area contributed by atoms with Crippen molar-refractivity contribution in [2.45, 2.75) is 32.9 Å². The summed E-state index contributed by atoms with van der Waals surface area (Å²) in [5.41, 5.74) is 6.54. The summed E-state index contributed by atoms with van der Waals surface area (Å²) in [7, 11) is 0. The number of nitrogens with two attached hydrogens (primary N) is 1. The fourth-order valence-corrected chi connectivity index (χ4v) is 1.64. The summed E-state index contributed by atoms with van der Waals surface area (Å²) in [5.74, 6) is 1.00. The molecule has 0 fully saturated rings. The Labute approximate surface area is 110 Å². The van der Waals surface area contributed by atoms with E-state index in [0.717, 1.165) is 5.56 Å². The van der Waals surface area contributed by atoms with Crippen LogP contribution in [0, 0.1) is 5.82 Å². The molecule has 0 aliphatic heterocycles. The molecule has 5 nitrogen and oxygen atoms in total. The van der Waals surface area contributed by atoms with E-state index in [9.17, 15) is 4.39 Å². The first kappa shape index (κ1) is 13.5. The Balaban J connectivity index is 2.12. The number of hydrogen-bond donors (Lipinski definition) is 1. The maximum Gasteiger partial charge on any atom is 0.226 e. The van der Waals surface area contributed by atoms with Gasteiger partial charge in [-0.3, -0.25) is 0 Å². The van der Waals surface area contributed by atoms with Crippen LogP contribution in [0.1, 0.15) is 37.2 Å². The summed E-state index contributed by atoms with van der Waals surface area (Å²) in [6, 6.07) is 4.03. The normalized spacial score (nSPS) is 12.4. The fraction of sp³-hybridized carbons (Fsp3) is 0.385. The van der Waals surface area contributed by atoms with Crippen LogP contribution in [0.4, 0.5) is 4.39 Å². The Morgan fingerprint density at radius 3 is 2.89 bits per heavy atom. The summed E-state index contributed by atoms with van der Waals surface area (Å²) in [4.78, 5) is 4.11. The zero-order valence-corrected chi connectivity index (χ0v) is 10.9. The lowest BCUT2D eigenvalue weighted by Gasteiger charge is -2.12. The Hall–Kier alpha value is -1.95. The number of halogens is 1. The van der Waals surface area contributed by atoms with Gasteiger partial charge in [-0.25, -0.2) is 4.39 Å². The summed E-state index contributed by atoms with van der Waals surface area (Å²) in [6.07, 6.45) is 0.665. The molecule has 0 saturated heterocycles. The van der Waals surface area contributed by atoms with Gasteiger partial charge in [0.25, 0.3) is 0 Å². The molecule has 1 atom stereocenters. The lowest BCUT2D eigenvalue weighted by Crippen LogP contribution is -2.08. The van der Waals surface area contributed by atoms with E-state index in [1.54, 1.807) is 6.07 Å². The number of hydrogen-bond acceptors (Lipinski definition) is 5. The zero-order chi connectivity index (χ0) is 13.8. The Bertz CT molecular complexity index is 555. The predicted octanol–water partition coefficient (Wildman–Crippen LogP) is 2.37. The molecule has 0 aliphatic carbocycles. The highest BCUT2D eigenvalue weighted by molar-refractivity contribution is 5.36. The summed E-state index contributed by atoms with van der Waals surface area (Å²) in [6.45, 7) is 3.84. The number of nitrogens with zero attached hydrogens (tertiary/aromatic N) is 2. The molecule has 6 heteroatoms. The number of aromatic nitrogens is 2. The highest BCUT2D eigenvalue weighted by Crippen LogP contribution is 2.25. The molecule has 0 unspecified atom stereocenters. The molecule has 0 radical (unpaired) electrons. The molecule has 0 bridgehead atoms. The maximum absolute atomic E-state index is 13.2. The average Bonchev–Trinajstić information content (AvgIpc) is 2.84. The van der Waals surface area contributed by atoms with Gasteiger partial charge in [-0.1, -0.05) is 18.1 Å². The molecule has 1 heterocycles. The number of ether oxygens (including phenoxy) is 1. The summed E-state index contributed by atoms with van der Waals surface area (Å²) < 4.78 is 23.7. The summed E-state index contributed by atoms with van der Waals surface area (Å²) in [5, 5.41) is 3.76. The van der Waals surface area contributed by atoms with Gasteiger partial charge in [0.05, 0.1) is 0 Å². The predicted molar refractivity (Wildman–Crippen MR) is 67.0 cm³/mol. The molecule has 2 N–H and O–H groups in total. The van der Waals surface area contributed by atoms with Gasteiger partial charge in [0.15, 0.2) is 6.61 Å². The molecule has 102 valence electrons. The van der Waals surface area contributed by atoms with Crippen LogP contribution >= 0.6 is 0 Å². The van der Waals surface area contributed by atoms with Gasteiger partial charge in [-0.15, -0.1) is 0 Å². The van der Waals surface area contributed by atoms with Crippen LogP contribution in [0.15, 0.2) is 22.7 Å². The van der Waals surface area contributed by atoms with Crippen molar-refractivity contribution in [1.29, 1.82) is 0 Å². The van der Waals surface area contributed by atoms with Gasteiger partial charge >= 0.3 is 0 Å². The summed E-state index contributed by atoms with van der Waals surface area (Å²) >= 11 is 0. The van der Waals surface area contributed by atoms with Crippen LogP contribution in [-0.2, 0) is 13.0 Å². The largest absolute Gasteiger partial charge is 0.485 e. The van der Waals surface area contributed by atoms with Crippen LogP contribution in [-0.4, -0.2) is 10.1 Å². The molecular weight excluding hydrogens is 249 g/mol. The maximum atomic E-state index is 13.2. The second-order valence-electron chi connectivity index (χ2n) is 4.22. The van der Waals surface area contributed by atoms with E-state index in [0.29, 0.717) is 23.9 Å². The van der Waals surface area contributed by atoms with Gasteiger partial charge in [0.2, 0.25) is 11.7 Å². The van der Waals surface area contributed by atoms with E-state index < -0.39 is 0 Å². The van der Waals surface area contributed by atoms with E-state index in [1.165, 1.54) is 12.1 Å². The zero-order valence-electron chi connectivity index (χ0n) is 10.9. The number of aryl methyl sites for hydroxylation is 1. The van der Waals surface area contributed by atoms with Crippen molar-refractivity contribution in [2.24, 2.45) is 5.73 Å². The first-order chi connectivity index (χ1) is 9.10. The topological polar surface area (TPSA) is 74.2 Å². The third-order valence-electron chi connectivity index (χ3n) is 2.64. The molecular formula is C13H16FN3O2. The smallest absolute Gasteiger partial charge is 0.226 e. The fourth-order valence-electron chi connectivity index (χ4n) is 1.64. The minimum Gasteiger partial charge on any atom is -0.485 e. The molecule has 1 aromatic heterocycles. The van der Waals surface area contributed by atoms with E-state index in [2.05, 4.69) is 10.1 Å². The Kier molecular flexibility index (Phi) is 4.11. The third kappa shape index (κ3) is 3.29.